The fourth-order valence-electron chi connectivity index (χ4n) is 4.69. The van der Waals surface area contributed by atoms with Gasteiger partial charge in [-0.05, 0) is 50.2 Å². The Morgan fingerprint density at radius 3 is 2.53 bits per heavy atom. The van der Waals surface area contributed by atoms with Gasteiger partial charge >= 0.3 is 5.97 Å². The first-order valence-electron chi connectivity index (χ1n) is 12.5. The lowest BCUT2D eigenvalue weighted by Crippen LogP contribution is -2.44. The Balaban J connectivity index is 2.34. The largest absolute Gasteiger partial charge is 0.457 e. The average molecular weight is 490 g/mol. The normalized spacial score (nSPS) is 33.4. The third-order valence-electron chi connectivity index (χ3n) is 7.59. The van der Waals surface area contributed by atoms with E-state index in [2.05, 4.69) is 31.0 Å². The lowest BCUT2D eigenvalue weighted by Gasteiger charge is -2.35. The van der Waals surface area contributed by atoms with Crippen LogP contribution < -0.4 is 0 Å². The molecule has 0 amide bonds. The Morgan fingerprint density at radius 2 is 1.91 bits per heavy atom. The Kier molecular flexibility index (Phi) is 10.3. The second kappa shape index (κ2) is 12.3. The zero-order valence-corrected chi connectivity index (χ0v) is 22.9. The van der Waals surface area contributed by atoms with Gasteiger partial charge in [-0.15, -0.1) is 11.3 Å². The summed E-state index contributed by atoms with van der Waals surface area (Å²) in [6.45, 7) is 15.7. The maximum absolute atomic E-state index is 13.3. The Morgan fingerprint density at radius 1 is 1.24 bits per heavy atom. The summed E-state index contributed by atoms with van der Waals surface area (Å²) < 4.78 is 5.91. The van der Waals surface area contributed by atoms with Crippen LogP contribution in [0.3, 0.4) is 0 Å². The first-order chi connectivity index (χ1) is 15.8. The molecule has 5 nitrogen and oxygen atoms in total. The summed E-state index contributed by atoms with van der Waals surface area (Å²) in [6.07, 6.45) is 7.48. The van der Waals surface area contributed by atoms with E-state index in [1.165, 1.54) is 0 Å². The number of thiazole rings is 1. The molecule has 0 aliphatic carbocycles. The number of Topliss-reactive ketones (excluding diaryl/α,β-unsaturated/α-hetero) is 1. The molecule has 0 saturated carbocycles. The molecule has 1 N–H and O–H groups in total. The van der Waals surface area contributed by atoms with Gasteiger partial charge in [-0.2, -0.15) is 0 Å². The van der Waals surface area contributed by atoms with Gasteiger partial charge in [0.25, 0.3) is 0 Å². The number of rotatable bonds is 2. The van der Waals surface area contributed by atoms with Gasteiger partial charge in [0.05, 0.1) is 28.6 Å². The number of nitrogens with zero attached hydrogens (tertiary/aromatic N) is 1. The number of cyclic esters (lactones) is 1. The number of aromatic nitrogens is 1. The summed E-state index contributed by atoms with van der Waals surface area (Å²) >= 11 is 1.58. The van der Waals surface area contributed by atoms with Crippen LogP contribution in [0.25, 0.3) is 6.08 Å². The number of allylic oxidation sites excluding steroid dienone is 1. The molecule has 34 heavy (non-hydrogen) atoms. The predicted octanol–water partition coefficient (Wildman–Crippen LogP) is 6.40. The lowest BCUT2D eigenvalue weighted by atomic mass is 9.70. The molecule has 190 valence electrons. The third-order valence-corrected chi connectivity index (χ3v) is 8.39. The van der Waals surface area contributed by atoms with Gasteiger partial charge in [0.15, 0.2) is 0 Å². The fourth-order valence-corrected chi connectivity index (χ4v) is 5.26. The molecule has 1 aromatic rings. The van der Waals surface area contributed by atoms with Crippen LogP contribution in [0.1, 0.15) is 84.9 Å². The summed E-state index contributed by atoms with van der Waals surface area (Å²) in [5, 5.41) is 13.9. The van der Waals surface area contributed by atoms with Crippen LogP contribution >= 0.6 is 11.3 Å². The number of aliphatic hydroxyl groups is 1. The summed E-state index contributed by atoms with van der Waals surface area (Å²) in [5.41, 5.74) is 0.717. The molecule has 0 spiro atoms. The van der Waals surface area contributed by atoms with E-state index >= 15 is 0 Å². The molecule has 1 aliphatic rings. The van der Waals surface area contributed by atoms with Crippen LogP contribution in [-0.2, 0) is 14.3 Å². The molecule has 1 unspecified atom stereocenters. The zero-order valence-electron chi connectivity index (χ0n) is 22.1. The monoisotopic (exact) mass is 489 g/mol. The number of hydrogen-bond acceptors (Lipinski definition) is 6. The number of hydrogen-bond donors (Lipinski definition) is 1. The fraction of sp³-hybridized carbons (Fsp3) is 0.679. The van der Waals surface area contributed by atoms with E-state index in [-0.39, 0.29) is 30.0 Å². The molecule has 2 rings (SSSR count). The van der Waals surface area contributed by atoms with E-state index in [1.807, 2.05) is 39.2 Å². The van der Waals surface area contributed by atoms with Crippen LogP contribution in [-0.4, -0.2) is 34.1 Å². The van der Waals surface area contributed by atoms with E-state index in [0.717, 1.165) is 35.5 Å². The van der Waals surface area contributed by atoms with Crippen molar-refractivity contribution in [3.05, 3.63) is 33.8 Å². The van der Waals surface area contributed by atoms with Gasteiger partial charge in [0, 0.05) is 17.2 Å². The zero-order chi connectivity index (χ0) is 25.6. The van der Waals surface area contributed by atoms with Crippen molar-refractivity contribution in [3.8, 4) is 0 Å². The molecule has 1 aromatic heterocycles. The molecule has 0 fully saturated rings. The van der Waals surface area contributed by atoms with E-state index in [0.29, 0.717) is 5.92 Å². The van der Waals surface area contributed by atoms with Gasteiger partial charge in [-0.1, -0.05) is 60.1 Å². The Bertz CT molecular complexity index is 900. The minimum Gasteiger partial charge on any atom is -0.457 e. The Labute approximate surface area is 209 Å². The molecule has 2 heterocycles. The van der Waals surface area contributed by atoms with E-state index in [9.17, 15) is 14.7 Å². The number of ether oxygens (including phenoxy) is 1. The minimum absolute atomic E-state index is 0.000892. The molecule has 6 heteroatoms. The van der Waals surface area contributed by atoms with E-state index < -0.39 is 23.6 Å². The van der Waals surface area contributed by atoms with Crippen molar-refractivity contribution in [2.75, 3.05) is 0 Å². The molecule has 0 radical (unpaired) electrons. The maximum Gasteiger partial charge on any atom is 0.309 e. The summed E-state index contributed by atoms with van der Waals surface area (Å²) in [5.74, 6) is -0.126. The number of aryl methyl sites for hydroxylation is 1. The third kappa shape index (κ3) is 7.35. The maximum atomic E-state index is 13.3. The molecular weight excluding hydrogens is 446 g/mol. The molecule has 0 bridgehead atoms. The Hall–Kier alpha value is -1.79. The predicted molar refractivity (Wildman–Crippen MR) is 139 cm³/mol. The van der Waals surface area contributed by atoms with Crippen molar-refractivity contribution in [1.82, 2.24) is 4.98 Å². The van der Waals surface area contributed by atoms with Crippen molar-refractivity contribution in [3.63, 3.8) is 0 Å². The van der Waals surface area contributed by atoms with Gasteiger partial charge in [0.1, 0.15) is 11.9 Å². The van der Waals surface area contributed by atoms with Gasteiger partial charge in [-0.25, -0.2) is 4.98 Å². The second-order valence-electron chi connectivity index (χ2n) is 10.7. The second-order valence-corrected chi connectivity index (χ2v) is 11.8. The summed E-state index contributed by atoms with van der Waals surface area (Å²) in [7, 11) is 0. The number of aliphatic hydroxyl groups excluding tert-OH is 1. The quantitative estimate of drug-likeness (QED) is 0.384. The van der Waals surface area contributed by atoms with Crippen molar-refractivity contribution >= 4 is 29.2 Å². The average Bonchev–Trinajstić information content (AvgIpc) is 3.18. The first-order valence-corrected chi connectivity index (χ1v) is 13.4. The van der Waals surface area contributed by atoms with Crippen LogP contribution in [0.4, 0.5) is 0 Å². The molecule has 1 aliphatic heterocycles. The van der Waals surface area contributed by atoms with E-state index in [1.54, 1.807) is 25.2 Å². The highest BCUT2D eigenvalue weighted by molar-refractivity contribution is 7.09. The van der Waals surface area contributed by atoms with Crippen molar-refractivity contribution in [2.24, 2.45) is 29.1 Å². The molecule has 6 atom stereocenters. The highest BCUT2D eigenvalue weighted by Crippen LogP contribution is 2.35. The molecule has 0 saturated heterocycles. The van der Waals surface area contributed by atoms with Crippen molar-refractivity contribution < 1.29 is 19.4 Å². The molecular formula is C28H43NO4S. The van der Waals surface area contributed by atoms with Crippen molar-refractivity contribution in [1.29, 1.82) is 0 Å². The van der Waals surface area contributed by atoms with Gasteiger partial charge in [0.2, 0.25) is 0 Å². The summed E-state index contributed by atoms with van der Waals surface area (Å²) in [4.78, 5) is 30.8. The highest BCUT2D eigenvalue weighted by Gasteiger charge is 2.41. The minimum atomic E-state index is -1.11. The standard InChI is InChI=1S/C28H43NO4S/c1-17-12-10-9-11-13-18(2)26(19(3)14-23-16-34-22(6)29-23)33-25(31)15-24(30)28(7,8)27(32)21(5)20(17)4/h11,13-14,16-18,20-21,24,26,30H,9-10,12,15H2,1-8H3/b13-11-,19-14+/t17-,18?,20-,21+,24-,26-/m0/s1. The van der Waals surface area contributed by atoms with Crippen LogP contribution in [0.2, 0.25) is 0 Å². The van der Waals surface area contributed by atoms with E-state index in [4.69, 9.17) is 4.74 Å². The number of esters is 1. The number of carbonyl (C=O) groups excluding carboxylic acids is 2. The van der Waals surface area contributed by atoms with Crippen LogP contribution in [0.5, 0.6) is 0 Å². The lowest BCUT2D eigenvalue weighted by molar-refractivity contribution is -0.154. The number of carbonyl (C=O) groups is 2. The van der Waals surface area contributed by atoms with Crippen molar-refractivity contribution in [2.45, 2.75) is 93.3 Å². The van der Waals surface area contributed by atoms with Crippen LogP contribution in [0, 0.1) is 36.0 Å². The summed E-state index contributed by atoms with van der Waals surface area (Å²) in [6, 6.07) is 0. The van der Waals surface area contributed by atoms with Crippen LogP contribution in [0.15, 0.2) is 23.1 Å². The smallest absolute Gasteiger partial charge is 0.309 e. The van der Waals surface area contributed by atoms with Gasteiger partial charge in [-0.3, -0.25) is 9.59 Å². The highest BCUT2D eigenvalue weighted by atomic mass is 32.1. The number of ketones is 1. The molecule has 0 aromatic carbocycles. The first kappa shape index (κ1) is 28.4. The topological polar surface area (TPSA) is 76.5 Å². The SMILES string of the molecule is C/C(=C\c1csc(C)n1)[C@H]1OC(=O)C[C@H](O)C(C)(C)C(=O)[C@H](C)[C@@H](C)[C@@H](C)CCC/C=C\C1C. The van der Waals surface area contributed by atoms with Gasteiger partial charge < -0.3 is 9.84 Å².